The van der Waals surface area contributed by atoms with Gasteiger partial charge in [0.15, 0.2) is 6.29 Å². The predicted octanol–water partition coefficient (Wildman–Crippen LogP) is 2.57. The van der Waals surface area contributed by atoms with Crippen molar-refractivity contribution in [3.8, 4) is 5.75 Å². The highest BCUT2D eigenvalue weighted by Gasteiger charge is 2.38. The number of fused-ring (bicyclic) bond motifs is 1. The lowest BCUT2D eigenvalue weighted by molar-refractivity contribution is -0.142. The molecule has 0 fully saturated rings. The molecule has 0 radical (unpaired) electrons. The molecule has 2 aromatic rings. The lowest BCUT2D eigenvalue weighted by Crippen LogP contribution is -2.31. The van der Waals surface area contributed by atoms with E-state index in [9.17, 15) is 9.59 Å². The van der Waals surface area contributed by atoms with Crippen molar-refractivity contribution in [1.82, 2.24) is 0 Å². The van der Waals surface area contributed by atoms with Gasteiger partial charge in [0.1, 0.15) is 5.75 Å². The maximum Gasteiger partial charge on any atom is 0.336 e. The second-order valence-corrected chi connectivity index (χ2v) is 4.66. The van der Waals surface area contributed by atoms with Crippen LogP contribution in [0.4, 0.5) is 0 Å². The van der Waals surface area contributed by atoms with Crippen LogP contribution in [0.5, 0.6) is 5.75 Å². The van der Waals surface area contributed by atoms with Crippen LogP contribution in [0.1, 0.15) is 5.56 Å². The zero-order valence-corrected chi connectivity index (χ0v) is 10.8. The Bertz CT molecular complexity index is 653. The molecule has 0 saturated carbocycles. The Balaban J connectivity index is 2.59. The third-order valence-corrected chi connectivity index (χ3v) is 3.41. The first-order valence-electron chi connectivity index (χ1n) is 5.48. The van der Waals surface area contributed by atoms with E-state index in [2.05, 4.69) is 0 Å². The second-order valence-electron chi connectivity index (χ2n) is 4.06. The largest absolute Gasteiger partial charge is 0.497 e. The zero-order valence-electron chi connectivity index (χ0n) is 10.1. The minimum Gasteiger partial charge on any atom is -0.497 e. The molecule has 0 aliphatic heterocycles. The smallest absolute Gasteiger partial charge is 0.336 e. The Labute approximate surface area is 114 Å². The van der Waals surface area contributed by atoms with Gasteiger partial charge in [-0.2, -0.15) is 0 Å². The molecule has 1 N–H and O–H groups in total. The van der Waals surface area contributed by atoms with E-state index in [0.29, 0.717) is 5.75 Å². The number of methoxy groups -OCH3 is 1. The number of carbonyl (C=O) groups is 2. The number of aldehydes is 1. The van der Waals surface area contributed by atoms with E-state index in [-0.39, 0.29) is 11.8 Å². The Kier molecular flexibility index (Phi) is 3.44. The fourth-order valence-corrected chi connectivity index (χ4v) is 1.94. The van der Waals surface area contributed by atoms with E-state index >= 15 is 0 Å². The summed E-state index contributed by atoms with van der Waals surface area (Å²) in [6.45, 7) is 0. The van der Waals surface area contributed by atoms with Gasteiger partial charge < -0.3 is 14.6 Å². The molecule has 1 unspecified atom stereocenters. The fraction of sp³-hybridized carbons (Fsp3) is 0.143. The molecule has 0 aliphatic carbocycles. The summed E-state index contributed by atoms with van der Waals surface area (Å²) in [7, 11) is 1.57. The van der Waals surface area contributed by atoms with Crippen molar-refractivity contribution in [3.05, 3.63) is 42.0 Å². The lowest BCUT2D eigenvalue weighted by Gasteiger charge is -2.16. The van der Waals surface area contributed by atoms with Crippen molar-refractivity contribution in [2.75, 3.05) is 7.11 Å². The van der Waals surface area contributed by atoms with E-state index in [0.717, 1.165) is 10.8 Å². The molecule has 0 bridgehead atoms. The quantitative estimate of drug-likeness (QED) is 0.530. The Hall–Kier alpha value is -2.07. The third kappa shape index (κ3) is 2.27. The lowest BCUT2D eigenvalue weighted by atomic mass is 9.96. The minimum absolute atomic E-state index is 0.224. The molecule has 0 saturated heterocycles. The van der Waals surface area contributed by atoms with Crippen molar-refractivity contribution in [1.29, 1.82) is 0 Å². The highest BCUT2D eigenvalue weighted by molar-refractivity contribution is 6.41. The SMILES string of the molecule is COc1ccc2cc(C(Cl)(C=O)C(=O)O)ccc2c1. The molecule has 2 aromatic carbocycles. The summed E-state index contributed by atoms with van der Waals surface area (Å²) in [5.41, 5.74) is 0.231. The standard InChI is InChI=1S/C14H11ClO4/c1-19-12-5-3-9-6-11(4-2-10(9)7-12)14(15,8-16)13(17)18/h2-8H,1H3,(H,17,18). The Morgan fingerprint density at radius 2 is 1.89 bits per heavy atom. The summed E-state index contributed by atoms with van der Waals surface area (Å²) in [6.07, 6.45) is 0.224. The van der Waals surface area contributed by atoms with Gasteiger partial charge in [0, 0.05) is 0 Å². The van der Waals surface area contributed by atoms with Gasteiger partial charge in [0.2, 0.25) is 4.87 Å². The van der Waals surface area contributed by atoms with Crippen LogP contribution in [0.2, 0.25) is 0 Å². The number of ether oxygens (including phenoxy) is 1. The van der Waals surface area contributed by atoms with Gasteiger partial charge in [0.25, 0.3) is 0 Å². The monoisotopic (exact) mass is 278 g/mol. The van der Waals surface area contributed by atoms with E-state index in [1.54, 1.807) is 31.4 Å². The maximum atomic E-state index is 11.1. The number of benzene rings is 2. The van der Waals surface area contributed by atoms with Gasteiger partial charge >= 0.3 is 5.97 Å². The van der Waals surface area contributed by atoms with Gasteiger partial charge in [-0.15, -0.1) is 0 Å². The Morgan fingerprint density at radius 3 is 2.47 bits per heavy atom. The van der Waals surface area contributed by atoms with Crippen LogP contribution in [-0.4, -0.2) is 24.5 Å². The predicted molar refractivity (Wildman–Crippen MR) is 71.7 cm³/mol. The molecule has 0 aromatic heterocycles. The maximum absolute atomic E-state index is 11.1. The summed E-state index contributed by atoms with van der Waals surface area (Å²) in [4.78, 5) is 20.0. The molecule has 4 nitrogen and oxygen atoms in total. The first-order chi connectivity index (χ1) is 9.01. The number of rotatable bonds is 4. The van der Waals surface area contributed by atoms with E-state index < -0.39 is 10.8 Å². The topological polar surface area (TPSA) is 63.6 Å². The van der Waals surface area contributed by atoms with Crippen LogP contribution in [0.3, 0.4) is 0 Å². The number of alkyl halides is 1. The molecular weight excluding hydrogens is 268 g/mol. The van der Waals surface area contributed by atoms with E-state index in [4.69, 9.17) is 21.4 Å². The number of carboxylic acids is 1. The second kappa shape index (κ2) is 4.90. The van der Waals surface area contributed by atoms with Crippen LogP contribution in [0.15, 0.2) is 36.4 Å². The van der Waals surface area contributed by atoms with Crippen LogP contribution >= 0.6 is 11.6 Å². The zero-order chi connectivity index (χ0) is 14.0. The van der Waals surface area contributed by atoms with Gasteiger partial charge in [-0.1, -0.05) is 29.8 Å². The summed E-state index contributed by atoms with van der Waals surface area (Å²) in [5, 5.41) is 10.7. The molecule has 5 heteroatoms. The number of halogens is 1. The highest BCUT2D eigenvalue weighted by Crippen LogP contribution is 2.31. The summed E-state index contributed by atoms with van der Waals surface area (Å²) < 4.78 is 5.10. The molecule has 19 heavy (non-hydrogen) atoms. The van der Waals surface area contributed by atoms with Crippen molar-refractivity contribution in [3.63, 3.8) is 0 Å². The fourth-order valence-electron chi connectivity index (χ4n) is 1.82. The summed E-state index contributed by atoms with van der Waals surface area (Å²) >= 11 is 5.85. The van der Waals surface area contributed by atoms with Crippen LogP contribution in [0, 0.1) is 0 Å². The van der Waals surface area contributed by atoms with Gasteiger partial charge in [-0.25, -0.2) is 4.79 Å². The van der Waals surface area contributed by atoms with Crippen molar-refractivity contribution in [2.45, 2.75) is 4.87 Å². The van der Waals surface area contributed by atoms with Crippen molar-refractivity contribution >= 4 is 34.6 Å². The van der Waals surface area contributed by atoms with Gasteiger partial charge in [-0.3, -0.25) is 0 Å². The first-order valence-corrected chi connectivity index (χ1v) is 5.86. The van der Waals surface area contributed by atoms with E-state index in [1.807, 2.05) is 6.07 Å². The molecule has 98 valence electrons. The third-order valence-electron chi connectivity index (χ3n) is 2.94. The van der Waals surface area contributed by atoms with Crippen LogP contribution in [-0.2, 0) is 14.5 Å². The molecule has 0 heterocycles. The molecule has 2 rings (SSSR count). The van der Waals surface area contributed by atoms with Gasteiger partial charge in [0.05, 0.1) is 7.11 Å². The van der Waals surface area contributed by atoms with Crippen LogP contribution < -0.4 is 4.74 Å². The number of hydrogen-bond acceptors (Lipinski definition) is 3. The van der Waals surface area contributed by atoms with Crippen molar-refractivity contribution < 1.29 is 19.4 Å². The first kappa shape index (κ1) is 13.4. The average molecular weight is 279 g/mol. The Morgan fingerprint density at radius 1 is 1.26 bits per heavy atom. The molecule has 0 aliphatic rings. The number of carboxylic acid groups (broad SMARTS) is 1. The van der Waals surface area contributed by atoms with Crippen LogP contribution in [0.25, 0.3) is 10.8 Å². The molecule has 0 spiro atoms. The van der Waals surface area contributed by atoms with Crippen molar-refractivity contribution in [2.24, 2.45) is 0 Å². The molecule has 1 atom stereocenters. The minimum atomic E-state index is -2.05. The average Bonchev–Trinajstić information content (AvgIpc) is 2.44. The number of hydrogen-bond donors (Lipinski definition) is 1. The summed E-state index contributed by atoms with van der Waals surface area (Å²) in [6, 6.07) is 10.2. The van der Waals surface area contributed by atoms with Gasteiger partial charge in [-0.05, 0) is 34.5 Å². The number of aliphatic carboxylic acids is 1. The highest BCUT2D eigenvalue weighted by atomic mass is 35.5. The normalized spacial score (nSPS) is 13.8. The molecular formula is C14H11ClO4. The summed E-state index contributed by atoms with van der Waals surface area (Å²) in [5.74, 6) is -0.692. The number of carbonyl (C=O) groups excluding carboxylic acids is 1. The molecule has 0 amide bonds. The van der Waals surface area contributed by atoms with E-state index in [1.165, 1.54) is 6.07 Å².